The van der Waals surface area contributed by atoms with Crippen LogP contribution in [0.15, 0.2) is 42.5 Å². The standard InChI is InChI=1S/C26H28N2O4/c1-3-14-6-5-7-15(4-2)23(14)28-24(29)16-8-10-18(11-9-16)27-25(30)21-17-12-19-20(13-17)32-26(31)22(19)21/h5-11,17,19-22H,3-4,12-13H2,1-2H3,(H,27,30)(H,28,29)/t17-,19+,20+,21-,22+/m1/s1. The van der Waals surface area contributed by atoms with Gasteiger partial charge in [-0.3, -0.25) is 14.4 Å². The second kappa shape index (κ2) is 8.08. The molecule has 2 aromatic carbocycles. The number of hydrogen-bond donors (Lipinski definition) is 2. The first-order valence-electron chi connectivity index (χ1n) is 11.5. The molecular formula is C26H28N2O4. The van der Waals surface area contributed by atoms with Crippen molar-refractivity contribution in [2.45, 2.75) is 45.6 Å². The molecule has 5 atom stereocenters. The molecule has 1 heterocycles. The number of carbonyl (C=O) groups excluding carboxylic acids is 3. The largest absolute Gasteiger partial charge is 0.462 e. The zero-order chi connectivity index (χ0) is 22.4. The van der Waals surface area contributed by atoms with Gasteiger partial charge in [-0.25, -0.2) is 0 Å². The van der Waals surface area contributed by atoms with Gasteiger partial charge in [0.2, 0.25) is 5.91 Å². The van der Waals surface area contributed by atoms with Gasteiger partial charge < -0.3 is 15.4 Å². The summed E-state index contributed by atoms with van der Waals surface area (Å²) in [6.07, 6.45) is 3.39. The summed E-state index contributed by atoms with van der Waals surface area (Å²) in [5.41, 5.74) is 4.26. The SMILES string of the molecule is CCc1cccc(CC)c1NC(=O)c1ccc(NC(=O)[C@@H]2[C@@H]3C[C@@H]4[C@@H]2C(=O)O[C@H]4C3)cc1. The van der Waals surface area contributed by atoms with Crippen LogP contribution in [0.1, 0.15) is 48.2 Å². The normalized spacial score (nSPS) is 27.3. The summed E-state index contributed by atoms with van der Waals surface area (Å²) in [4.78, 5) is 38.0. The monoisotopic (exact) mass is 432 g/mol. The molecule has 3 aliphatic rings. The molecule has 6 nitrogen and oxygen atoms in total. The summed E-state index contributed by atoms with van der Waals surface area (Å²) in [6, 6.07) is 13.0. The van der Waals surface area contributed by atoms with Crippen LogP contribution in [0.4, 0.5) is 11.4 Å². The zero-order valence-corrected chi connectivity index (χ0v) is 18.4. The average Bonchev–Trinajstić information content (AvgIpc) is 3.42. The smallest absolute Gasteiger partial charge is 0.310 e. The van der Waals surface area contributed by atoms with Crippen molar-refractivity contribution in [3.8, 4) is 0 Å². The molecule has 3 fully saturated rings. The number of hydrogen-bond acceptors (Lipinski definition) is 4. The summed E-state index contributed by atoms with van der Waals surface area (Å²) >= 11 is 0. The van der Waals surface area contributed by atoms with E-state index in [0.717, 1.165) is 42.5 Å². The van der Waals surface area contributed by atoms with Crippen molar-refractivity contribution in [2.24, 2.45) is 23.7 Å². The summed E-state index contributed by atoms with van der Waals surface area (Å²) in [6.45, 7) is 4.15. The van der Waals surface area contributed by atoms with Crippen molar-refractivity contribution >= 4 is 29.2 Å². The average molecular weight is 433 g/mol. The fourth-order valence-corrected chi connectivity index (χ4v) is 5.88. The fraction of sp³-hybridized carbons (Fsp3) is 0.423. The molecule has 0 aromatic heterocycles. The molecule has 0 unspecified atom stereocenters. The van der Waals surface area contributed by atoms with Gasteiger partial charge in [-0.15, -0.1) is 0 Å². The molecule has 2 saturated carbocycles. The lowest BCUT2D eigenvalue weighted by molar-refractivity contribution is -0.145. The van der Waals surface area contributed by atoms with Crippen molar-refractivity contribution in [3.63, 3.8) is 0 Å². The Hall–Kier alpha value is -3.15. The van der Waals surface area contributed by atoms with Gasteiger partial charge in [0, 0.05) is 22.9 Å². The predicted octanol–water partition coefficient (Wildman–Crippen LogP) is 4.20. The van der Waals surface area contributed by atoms with E-state index in [2.05, 4.69) is 24.5 Å². The molecule has 6 heteroatoms. The molecule has 2 aromatic rings. The van der Waals surface area contributed by atoms with Crippen LogP contribution in [0, 0.1) is 23.7 Å². The van der Waals surface area contributed by atoms with Gasteiger partial charge >= 0.3 is 5.97 Å². The van der Waals surface area contributed by atoms with E-state index in [4.69, 9.17) is 4.74 Å². The Bertz CT molecular complexity index is 1050. The van der Waals surface area contributed by atoms with Crippen molar-refractivity contribution in [2.75, 3.05) is 10.6 Å². The van der Waals surface area contributed by atoms with Crippen LogP contribution in [0.5, 0.6) is 0 Å². The van der Waals surface area contributed by atoms with E-state index in [1.807, 2.05) is 18.2 Å². The number of amides is 2. The molecule has 0 spiro atoms. The molecule has 32 heavy (non-hydrogen) atoms. The Kier molecular flexibility index (Phi) is 5.24. The maximum atomic E-state index is 12.9. The third kappa shape index (κ3) is 3.38. The summed E-state index contributed by atoms with van der Waals surface area (Å²) < 4.78 is 5.43. The third-order valence-corrected chi connectivity index (χ3v) is 7.44. The molecule has 166 valence electrons. The number of rotatable bonds is 6. The van der Waals surface area contributed by atoms with E-state index in [9.17, 15) is 14.4 Å². The lowest BCUT2D eigenvalue weighted by Gasteiger charge is -2.23. The van der Waals surface area contributed by atoms with Crippen molar-refractivity contribution in [1.82, 2.24) is 0 Å². The highest BCUT2D eigenvalue weighted by Crippen LogP contribution is 2.57. The number of para-hydroxylation sites is 1. The maximum absolute atomic E-state index is 12.9. The quantitative estimate of drug-likeness (QED) is 0.670. The second-order valence-electron chi connectivity index (χ2n) is 9.10. The van der Waals surface area contributed by atoms with Crippen LogP contribution in [0.2, 0.25) is 0 Å². The first-order chi connectivity index (χ1) is 15.5. The van der Waals surface area contributed by atoms with Gasteiger partial charge in [0.05, 0.1) is 11.8 Å². The van der Waals surface area contributed by atoms with Gasteiger partial charge in [0.1, 0.15) is 6.10 Å². The molecule has 1 saturated heterocycles. The Labute approximate surface area is 187 Å². The number of aryl methyl sites for hydroxylation is 2. The summed E-state index contributed by atoms with van der Waals surface area (Å²) in [7, 11) is 0. The van der Waals surface area contributed by atoms with Crippen LogP contribution >= 0.6 is 0 Å². The highest BCUT2D eigenvalue weighted by molar-refractivity contribution is 6.05. The first-order valence-corrected chi connectivity index (χ1v) is 11.5. The van der Waals surface area contributed by atoms with E-state index in [1.165, 1.54) is 0 Å². The van der Waals surface area contributed by atoms with Crippen molar-refractivity contribution in [1.29, 1.82) is 0 Å². The van der Waals surface area contributed by atoms with Crippen LogP contribution in [0.25, 0.3) is 0 Å². The molecule has 2 N–H and O–H groups in total. The maximum Gasteiger partial charge on any atom is 0.310 e. The number of benzene rings is 2. The van der Waals surface area contributed by atoms with E-state index in [-0.39, 0.29) is 47.6 Å². The van der Waals surface area contributed by atoms with Crippen molar-refractivity contribution < 1.29 is 19.1 Å². The van der Waals surface area contributed by atoms with Crippen LogP contribution < -0.4 is 10.6 Å². The van der Waals surface area contributed by atoms with Gasteiger partial charge in [-0.2, -0.15) is 0 Å². The van der Waals surface area contributed by atoms with Gasteiger partial charge in [0.15, 0.2) is 0 Å². The third-order valence-electron chi connectivity index (χ3n) is 7.44. The minimum atomic E-state index is -0.313. The molecule has 0 radical (unpaired) electrons. The Morgan fingerprint density at radius 2 is 1.66 bits per heavy atom. The zero-order valence-electron chi connectivity index (χ0n) is 18.4. The molecular weight excluding hydrogens is 404 g/mol. The lowest BCUT2D eigenvalue weighted by atomic mass is 9.79. The van der Waals surface area contributed by atoms with E-state index in [0.29, 0.717) is 11.3 Å². The Morgan fingerprint density at radius 3 is 2.31 bits per heavy atom. The van der Waals surface area contributed by atoms with Gasteiger partial charge in [-0.1, -0.05) is 32.0 Å². The van der Waals surface area contributed by atoms with Gasteiger partial charge in [-0.05, 0) is 67.0 Å². The minimum absolute atomic E-state index is 0.0189. The second-order valence-corrected chi connectivity index (χ2v) is 9.10. The Balaban J connectivity index is 1.27. The van der Waals surface area contributed by atoms with E-state index < -0.39 is 0 Å². The topological polar surface area (TPSA) is 84.5 Å². The number of fused-ring (bicyclic) bond motifs is 1. The fourth-order valence-electron chi connectivity index (χ4n) is 5.88. The number of carbonyl (C=O) groups is 3. The highest BCUT2D eigenvalue weighted by Gasteiger charge is 2.63. The van der Waals surface area contributed by atoms with Crippen LogP contribution in [-0.4, -0.2) is 23.9 Å². The van der Waals surface area contributed by atoms with E-state index in [1.54, 1.807) is 24.3 Å². The molecule has 5 rings (SSSR count). The molecule has 2 bridgehead atoms. The first kappa shape index (κ1) is 20.7. The number of esters is 1. The minimum Gasteiger partial charge on any atom is -0.462 e. The summed E-state index contributed by atoms with van der Waals surface area (Å²) in [5.74, 6) is -0.701. The van der Waals surface area contributed by atoms with E-state index >= 15 is 0 Å². The molecule has 1 aliphatic heterocycles. The van der Waals surface area contributed by atoms with Gasteiger partial charge in [0.25, 0.3) is 5.91 Å². The summed E-state index contributed by atoms with van der Waals surface area (Å²) in [5, 5.41) is 6.01. The Morgan fingerprint density at radius 1 is 0.969 bits per heavy atom. The number of anilines is 2. The molecule has 2 aliphatic carbocycles. The lowest BCUT2D eigenvalue weighted by Crippen LogP contribution is -2.35. The van der Waals surface area contributed by atoms with Crippen LogP contribution in [-0.2, 0) is 27.2 Å². The van der Waals surface area contributed by atoms with Crippen LogP contribution in [0.3, 0.4) is 0 Å². The predicted molar refractivity (Wildman–Crippen MR) is 121 cm³/mol. The number of nitrogens with one attached hydrogen (secondary N) is 2. The highest BCUT2D eigenvalue weighted by atomic mass is 16.6. The molecule has 2 amide bonds. The van der Waals surface area contributed by atoms with Crippen molar-refractivity contribution in [3.05, 3.63) is 59.2 Å². The number of ether oxygens (including phenoxy) is 1.